The second-order valence-corrected chi connectivity index (χ2v) is 7.98. The van der Waals surface area contributed by atoms with Gasteiger partial charge in [0.1, 0.15) is 6.29 Å². The van der Waals surface area contributed by atoms with Gasteiger partial charge in [0.2, 0.25) is 0 Å². The van der Waals surface area contributed by atoms with Crippen molar-refractivity contribution in [2.45, 2.75) is 6.92 Å². The molecule has 0 spiro atoms. The molecule has 0 fully saturated rings. The van der Waals surface area contributed by atoms with Crippen LogP contribution in [0.25, 0.3) is 12.2 Å². The van der Waals surface area contributed by atoms with E-state index in [0.717, 1.165) is 17.9 Å². The fourth-order valence-electron chi connectivity index (χ4n) is 2.67. The van der Waals surface area contributed by atoms with Crippen molar-refractivity contribution in [3.05, 3.63) is 159 Å². The van der Waals surface area contributed by atoms with Crippen molar-refractivity contribution >= 4 is 42.0 Å². The second kappa shape index (κ2) is 17.7. The lowest BCUT2D eigenvalue weighted by atomic mass is 10.1. The summed E-state index contributed by atoms with van der Waals surface area (Å²) >= 11 is 5.55. The first-order valence-corrected chi connectivity index (χ1v) is 11.7. The smallest absolute Gasteiger partial charge is 0.269 e. The van der Waals surface area contributed by atoms with Crippen LogP contribution in [-0.2, 0) is 0 Å². The first-order valence-electron chi connectivity index (χ1n) is 11.3. The lowest BCUT2D eigenvalue weighted by Gasteiger charge is -1.99. The Balaban J connectivity index is 0.000000262. The maximum absolute atomic E-state index is 12.7. The molecule has 0 aromatic heterocycles. The molecule has 0 saturated heterocycles. The Kier molecular flexibility index (Phi) is 14.6. The first kappa shape index (κ1) is 32.3. The number of nitrogens with zero attached hydrogens (tertiary/aromatic N) is 1. The van der Waals surface area contributed by atoms with Crippen LogP contribution in [0.1, 0.15) is 37.4 Å². The van der Waals surface area contributed by atoms with Gasteiger partial charge in [0.05, 0.1) is 10.5 Å². The highest BCUT2D eigenvalue weighted by Gasteiger charge is 2.09. The molecule has 8 heteroatoms. The molecular weight excluding hydrogens is 524 g/mol. The Morgan fingerprint density at radius 1 is 0.744 bits per heavy atom. The maximum atomic E-state index is 12.7. The molecule has 200 valence electrons. The normalized spacial score (nSPS) is 9.13. The monoisotopic (exact) mass is 549 g/mol. The van der Waals surface area contributed by atoms with E-state index in [1.807, 2.05) is 36.4 Å². The summed E-state index contributed by atoms with van der Waals surface area (Å²) in [4.78, 5) is 30.0. The topological polar surface area (TPSA) is 77.3 Å². The molecule has 4 rings (SSSR count). The van der Waals surface area contributed by atoms with Crippen LogP contribution in [0.4, 0.5) is 14.5 Å². The SMILES string of the molecule is C=Cc1ccc([N+](=O)[O-])cc1.C=Cc1ccccc1.Cc1ccc(F)c(F)c1C=O.O=Cc1ccc(Cl)cc1. The molecule has 4 aromatic rings. The number of halogens is 3. The zero-order valence-electron chi connectivity index (χ0n) is 21.1. The highest BCUT2D eigenvalue weighted by molar-refractivity contribution is 6.30. The number of carbonyl (C=O) groups is 2. The number of hydrogen-bond acceptors (Lipinski definition) is 4. The van der Waals surface area contributed by atoms with Crippen molar-refractivity contribution in [3.63, 3.8) is 0 Å². The Hall–Kier alpha value is -4.75. The molecule has 0 N–H and O–H groups in total. The van der Waals surface area contributed by atoms with Crippen molar-refractivity contribution in [2.24, 2.45) is 0 Å². The molecule has 0 unspecified atom stereocenters. The third-order valence-electron chi connectivity index (χ3n) is 4.85. The lowest BCUT2D eigenvalue weighted by Crippen LogP contribution is -1.95. The number of aldehydes is 2. The number of non-ortho nitro benzene ring substituents is 1. The standard InChI is InChI=1S/C8H6F2O.C8H7NO2.C8H8.C7H5ClO/c1-5-2-3-7(9)8(10)6(5)4-11;1-2-7-3-5-8(6-4-7)9(10)11;1-2-8-6-4-3-5-7-8;8-7-3-1-6(5-9)2-4-7/h2-4H,1H3;2-6H,1H2;2-7H,1H2;1-5H. The Morgan fingerprint density at radius 2 is 1.26 bits per heavy atom. The number of nitro groups is 1. The van der Waals surface area contributed by atoms with Crippen LogP contribution in [0.5, 0.6) is 0 Å². The molecule has 0 aliphatic heterocycles. The summed E-state index contributed by atoms with van der Waals surface area (Å²) < 4.78 is 25.1. The minimum Gasteiger partial charge on any atom is -0.298 e. The van der Waals surface area contributed by atoms with Gasteiger partial charge in [0.15, 0.2) is 17.9 Å². The summed E-state index contributed by atoms with van der Waals surface area (Å²) in [6.07, 6.45) is 4.58. The molecule has 0 heterocycles. The van der Waals surface area contributed by atoms with Crippen LogP contribution < -0.4 is 0 Å². The molecule has 0 bridgehead atoms. The predicted molar refractivity (Wildman–Crippen MR) is 153 cm³/mol. The van der Waals surface area contributed by atoms with Gasteiger partial charge in [0, 0.05) is 22.7 Å². The summed E-state index contributed by atoms with van der Waals surface area (Å²) in [5.74, 6) is -2.06. The number of aryl methyl sites for hydroxylation is 1. The number of benzene rings is 4. The Morgan fingerprint density at radius 3 is 1.67 bits per heavy atom. The lowest BCUT2D eigenvalue weighted by molar-refractivity contribution is -0.384. The molecule has 39 heavy (non-hydrogen) atoms. The minimum atomic E-state index is -1.07. The third-order valence-corrected chi connectivity index (χ3v) is 5.10. The van der Waals surface area contributed by atoms with Crippen LogP contribution in [0.15, 0.2) is 104 Å². The molecule has 0 atom stereocenters. The molecule has 0 saturated carbocycles. The summed E-state index contributed by atoms with van der Waals surface area (Å²) in [6, 6.07) is 25.3. The fourth-order valence-corrected chi connectivity index (χ4v) is 2.80. The van der Waals surface area contributed by atoms with Crippen molar-refractivity contribution in [2.75, 3.05) is 0 Å². The average molecular weight is 550 g/mol. The van der Waals surface area contributed by atoms with Gasteiger partial charge in [-0.25, -0.2) is 8.78 Å². The van der Waals surface area contributed by atoms with Crippen LogP contribution in [0.2, 0.25) is 5.02 Å². The van der Waals surface area contributed by atoms with Gasteiger partial charge >= 0.3 is 0 Å². The van der Waals surface area contributed by atoms with E-state index in [1.165, 1.54) is 23.8 Å². The van der Waals surface area contributed by atoms with E-state index in [1.54, 1.807) is 49.4 Å². The molecule has 0 radical (unpaired) electrons. The van der Waals surface area contributed by atoms with E-state index in [0.29, 0.717) is 22.4 Å². The number of rotatable bonds is 5. The predicted octanol–water partition coefficient (Wildman–Crippen LogP) is 8.81. The molecule has 4 aromatic carbocycles. The fraction of sp³-hybridized carbons (Fsp3) is 0.0323. The number of nitro benzene ring substituents is 1. The average Bonchev–Trinajstić information content (AvgIpc) is 2.97. The van der Waals surface area contributed by atoms with Crippen LogP contribution in [-0.4, -0.2) is 17.5 Å². The second-order valence-electron chi connectivity index (χ2n) is 7.55. The molecule has 5 nitrogen and oxygen atoms in total. The maximum Gasteiger partial charge on any atom is 0.269 e. The van der Waals surface area contributed by atoms with E-state index >= 15 is 0 Å². The number of hydrogen-bond donors (Lipinski definition) is 0. The van der Waals surface area contributed by atoms with Crippen LogP contribution >= 0.6 is 11.6 Å². The molecular formula is C31H26ClF2NO4. The van der Waals surface area contributed by atoms with Crippen molar-refractivity contribution in [1.29, 1.82) is 0 Å². The Labute approximate surface area is 230 Å². The molecule has 0 aliphatic carbocycles. The summed E-state index contributed by atoms with van der Waals surface area (Å²) in [6.45, 7) is 8.71. The van der Waals surface area contributed by atoms with Gasteiger partial charge in [-0.3, -0.25) is 19.7 Å². The summed E-state index contributed by atoms with van der Waals surface area (Å²) in [7, 11) is 0. The van der Waals surface area contributed by atoms with E-state index in [4.69, 9.17) is 11.6 Å². The van der Waals surface area contributed by atoms with Crippen molar-refractivity contribution in [3.8, 4) is 0 Å². The van der Waals surface area contributed by atoms with Crippen LogP contribution in [0, 0.1) is 28.7 Å². The van der Waals surface area contributed by atoms with Crippen LogP contribution in [0.3, 0.4) is 0 Å². The molecule has 0 amide bonds. The van der Waals surface area contributed by atoms with Gasteiger partial charge in [-0.2, -0.15) is 0 Å². The van der Waals surface area contributed by atoms with Gasteiger partial charge in [0.25, 0.3) is 5.69 Å². The first-order chi connectivity index (χ1) is 18.7. The van der Waals surface area contributed by atoms with Gasteiger partial charge in [-0.1, -0.05) is 85.4 Å². The quantitative estimate of drug-likeness (QED) is 0.141. The zero-order chi connectivity index (χ0) is 29.2. The van der Waals surface area contributed by atoms with E-state index in [9.17, 15) is 28.5 Å². The summed E-state index contributed by atoms with van der Waals surface area (Å²) in [5.41, 5.74) is 3.06. The minimum absolute atomic E-state index is 0.107. The van der Waals surface area contributed by atoms with Gasteiger partial charge in [-0.05, 0) is 53.9 Å². The highest BCUT2D eigenvalue weighted by Crippen LogP contribution is 2.14. The van der Waals surface area contributed by atoms with E-state index < -0.39 is 16.6 Å². The molecule has 0 aliphatic rings. The van der Waals surface area contributed by atoms with E-state index in [2.05, 4.69) is 13.2 Å². The zero-order valence-corrected chi connectivity index (χ0v) is 21.9. The highest BCUT2D eigenvalue weighted by atomic mass is 35.5. The third kappa shape index (κ3) is 11.9. The van der Waals surface area contributed by atoms with Crippen molar-refractivity contribution in [1.82, 2.24) is 0 Å². The summed E-state index contributed by atoms with van der Waals surface area (Å²) in [5, 5.41) is 10.8. The number of carbonyl (C=O) groups excluding carboxylic acids is 2. The van der Waals surface area contributed by atoms with Gasteiger partial charge < -0.3 is 0 Å². The Bertz CT molecular complexity index is 1370. The van der Waals surface area contributed by atoms with Gasteiger partial charge in [-0.15, -0.1) is 0 Å². The largest absolute Gasteiger partial charge is 0.298 e. The van der Waals surface area contributed by atoms with E-state index in [-0.39, 0.29) is 11.3 Å². The van der Waals surface area contributed by atoms with Crippen molar-refractivity contribution < 1.29 is 23.3 Å².